The zero-order chi connectivity index (χ0) is 20.9. The number of rotatable bonds is 6. The monoisotopic (exact) mass is 489 g/mol. The molecule has 0 spiro atoms. The van der Waals surface area contributed by atoms with Crippen LogP contribution in [0.5, 0.6) is 0 Å². The van der Waals surface area contributed by atoms with Gasteiger partial charge in [-0.3, -0.25) is 19.1 Å². The molecule has 30 heavy (non-hydrogen) atoms. The predicted molar refractivity (Wildman–Crippen MR) is 123 cm³/mol. The average molecular weight is 490 g/mol. The number of likely N-dealkylation sites (tertiary alicyclic amines) is 1. The van der Waals surface area contributed by atoms with Gasteiger partial charge >= 0.3 is 0 Å². The lowest BCUT2D eigenvalue weighted by Gasteiger charge is -2.17. The van der Waals surface area contributed by atoms with Gasteiger partial charge in [-0.25, -0.2) is 9.97 Å². The molecule has 1 aliphatic heterocycles. The Morgan fingerprint density at radius 3 is 2.80 bits per heavy atom. The molecule has 1 N–H and O–H groups in total. The quantitative estimate of drug-likeness (QED) is 0.565. The summed E-state index contributed by atoms with van der Waals surface area (Å²) in [7, 11) is 0. The Morgan fingerprint density at radius 2 is 2.00 bits per heavy atom. The number of carbonyl (C=O) groups excluding carboxylic acids is 1. The minimum absolute atomic E-state index is 0.150. The van der Waals surface area contributed by atoms with Crippen LogP contribution in [-0.2, 0) is 17.9 Å². The molecule has 0 radical (unpaired) electrons. The summed E-state index contributed by atoms with van der Waals surface area (Å²) in [5, 5.41) is 6.01. The number of thiazole rings is 1. The second-order valence-electron chi connectivity index (χ2n) is 7.54. The Bertz CT molecular complexity index is 1090. The van der Waals surface area contributed by atoms with Crippen LogP contribution in [0.3, 0.4) is 0 Å². The topological polar surface area (TPSA) is 80.1 Å². The third-order valence-electron chi connectivity index (χ3n) is 5.25. The maximum Gasteiger partial charge on any atom is 0.261 e. The molecule has 158 valence electrons. The van der Waals surface area contributed by atoms with Gasteiger partial charge in [0, 0.05) is 29.4 Å². The SMILES string of the molecule is O=C(CCn1cnc2ccc(Br)cc2c1=O)Nc1nc(CN2CCCCCC2)cs1. The predicted octanol–water partition coefficient (Wildman–Crippen LogP) is 4.02. The van der Waals surface area contributed by atoms with Gasteiger partial charge in [-0.1, -0.05) is 28.8 Å². The first-order chi connectivity index (χ1) is 14.6. The lowest BCUT2D eigenvalue weighted by Crippen LogP contribution is -2.24. The van der Waals surface area contributed by atoms with Crippen molar-refractivity contribution in [3.8, 4) is 0 Å². The molecule has 4 rings (SSSR count). The fourth-order valence-corrected chi connectivity index (χ4v) is 4.73. The van der Waals surface area contributed by atoms with E-state index >= 15 is 0 Å². The summed E-state index contributed by atoms with van der Waals surface area (Å²) < 4.78 is 2.30. The number of benzene rings is 1. The fourth-order valence-electron chi connectivity index (χ4n) is 3.65. The molecule has 1 saturated heterocycles. The summed E-state index contributed by atoms with van der Waals surface area (Å²) in [5.74, 6) is -0.160. The van der Waals surface area contributed by atoms with Gasteiger partial charge in [0.1, 0.15) is 0 Å². The summed E-state index contributed by atoms with van der Waals surface area (Å²) in [6.07, 6.45) is 6.78. The third kappa shape index (κ3) is 5.33. The molecular weight excluding hydrogens is 466 g/mol. The largest absolute Gasteiger partial charge is 0.302 e. The van der Waals surface area contributed by atoms with E-state index in [0.29, 0.717) is 16.0 Å². The molecule has 1 aliphatic rings. The van der Waals surface area contributed by atoms with Gasteiger partial charge in [-0.05, 0) is 44.1 Å². The number of hydrogen-bond donors (Lipinski definition) is 1. The van der Waals surface area contributed by atoms with Gasteiger partial charge < -0.3 is 5.32 Å². The minimum Gasteiger partial charge on any atom is -0.302 e. The second kappa shape index (κ2) is 9.80. The third-order valence-corrected chi connectivity index (χ3v) is 6.55. The van der Waals surface area contributed by atoms with Gasteiger partial charge in [0.2, 0.25) is 5.91 Å². The highest BCUT2D eigenvalue weighted by molar-refractivity contribution is 9.10. The molecule has 1 aromatic carbocycles. The van der Waals surface area contributed by atoms with Crippen molar-refractivity contribution in [3.63, 3.8) is 0 Å². The fraction of sp³-hybridized carbons (Fsp3) is 0.429. The number of fused-ring (bicyclic) bond motifs is 1. The van der Waals surface area contributed by atoms with Crippen molar-refractivity contribution in [1.82, 2.24) is 19.4 Å². The highest BCUT2D eigenvalue weighted by Gasteiger charge is 2.13. The first-order valence-corrected chi connectivity index (χ1v) is 11.9. The molecule has 2 aromatic heterocycles. The Balaban J connectivity index is 1.33. The van der Waals surface area contributed by atoms with Crippen LogP contribution < -0.4 is 10.9 Å². The van der Waals surface area contributed by atoms with E-state index in [1.165, 1.54) is 47.9 Å². The van der Waals surface area contributed by atoms with Crippen molar-refractivity contribution < 1.29 is 4.79 Å². The molecule has 0 atom stereocenters. The zero-order valence-electron chi connectivity index (χ0n) is 16.6. The molecule has 1 fully saturated rings. The molecule has 0 saturated carbocycles. The number of aromatic nitrogens is 3. The van der Waals surface area contributed by atoms with E-state index in [-0.39, 0.29) is 24.4 Å². The van der Waals surface area contributed by atoms with E-state index in [0.717, 1.165) is 29.8 Å². The number of hydrogen-bond acceptors (Lipinski definition) is 6. The van der Waals surface area contributed by atoms with E-state index in [1.54, 1.807) is 12.1 Å². The Labute approximate surface area is 187 Å². The average Bonchev–Trinajstić information content (AvgIpc) is 3.00. The van der Waals surface area contributed by atoms with Crippen LogP contribution in [0.1, 0.15) is 37.8 Å². The molecule has 0 aliphatic carbocycles. The molecule has 3 heterocycles. The Morgan fingerprint density at radius 1 is 1.20 bits per heavy atom. The van der Waals surface area contributed by atoms with Gasteiger partial charge in [0.05, 0.1) is 22.9 Å². The highest BCUT2D eigenvalue weighted by Crippen LogP contribution is 2.19. The number of carbonyl (C=O) groups is 1. The summed E-state index contributed by atoms with van der Waals surface area (Å²) in [6, 6.07) is 5.40. The molecule has 0 bridgehead atoms. The van der Waals surface area contributed by atoms with Crippen molar-refractivity contribution >= 4 is 49.2 Å². The standard InChI is InChI=1S/C21H24BrN5O2S/c22-15-5-6-18-17(11-15)20(29)27(14-23-18)10-7-19(28)25-21-24-16(13-30-21)12-26-8-3-1-2-4-9-26/h5-6,11,13-14H,1-4,7-10,12H2,(H,24,25,28). The van der Waals surface area contributed by atoms with Crippen LogP contribution in [0.25, 0.3) is 10.9 Å². The van der Waals surface area contributed by atoms with Gasteiger partial charge in [0.25, 0.3) is 5.56 Å². The summed E-state index contributed by atoms with van der Waals surface area (Å²) >= 11 is 4.82. The van der Waals surface area contributed by atoms with E-state index < -0.39 is 0 Å². The summed E-state index contributed by atoms with van der Waals surface area (Å²) in [5.41, 5.74) is 1.49. The van der Waals surface area contributed by atoms with Crippen molar-refractivity contribution in [2.45, 2.75) is 45.2 Å². The number of nitrogens with zero attached hydrogens (tertiary/aromatic N) is 4. The molecule has 3 aromatic rings. The van der Waals surface area contributed by atoms with Gasteiger partial charge in [-0.2, -0.15) is 0 Å². The van der Waals surface area contributed by atoms with Crippen LogP contribution >= 0.6 is 27.3 Å². The van der Waals surface area contributed by atoms with Crippen LogP contribution in [0, 0.1) is 0 Å². The van der Waals surface area contributed by atoms with E-state index in [4.69, 9.17) is 0 Å². The summed E-state index contributed by atoms with van der Waals surface area (Å²) in [4.78, 5) is 36.3. The maximum atomic E-state index is 12.6. The van der Waals surface area contributed by atoms with Gasteiger partial charge in [-0.15, -0.1) is 11.3 Å². The van der Waals surface area contributed by atoms with Crippen molar-refractivity contribution in [2.75, 3.05) is 18.4 Å². The minimum atomic E-state index is -0.160. The van der Waals surface area contributed by atoms with Crippen LogP contribution in [0.4, 0.5) is 5.13 Å². The summed E-state index contributed by atoms with van der Waals surface area (Å²) in [6.45, 7) is 3.33. The number of anilines is 1. The van der Waals surface area contributed by atoms with E-state index in [1.807, 2.05) is 11.4 Å². The Kier molecular flexibility index (Phi) is 6.91. The number of amides is 1. The molecule has 1 amide bonds. The van der Waals surface area contributed by atoms with Crippen molar-refractivity contribution in [3.05, 3.63) is 50.4 Å². The van der Waals surface area contributed by atoms with Crippen LogP contribution in [0.2, 0.25) is 0 Å². The lowest BCUT2D eigenvalue weighted by atomic mass is 10.2. The molecular formula is C21H24BrN5O2S. The second-order valence-corrected chi connectivity index (χ2v) is 9.31. The lowest BCUT2D eigenvalue weighted by molar-refractivity contribution is -0.116. The van der Waals surface area contributed by atoms with Crippen LogP contribution in [-0.4, -0.2) is 38.4 Å². The van der Waals surface area contributed by atoms with Crippen molar-refractivity contribution in [1.29, 1.82) is 0 Å². The number of aryl methyl sites for hydroxylation is 1. The normalized spacial score (nSPS) is 15.2. The molecule has 9 heteroatoms. The number of nitrogens with one attached hydrogen (secondary N) is 1. The zero-order valence-corrected chi connectivity index (χ0v) is 19.0. The smallest absolute Gasteiger partial charge is 0.261 e. The Hall–Kier alpha value is -2.10. The van der Waals surface area contributed by atoms with E-state index in [2.05, 4.69) is 36.1 Å². The first-order valence-electron chi connectivity index (χ1n) is 10.2. The molecule has 0 unspecified atom stereocenters. The number of halogens is 1. The van der Waals surface area contributed by atoms with Crippen LogP contribution in [0.15, 0.2) is 39.2 Å². The first kappa shape index (κ1) is 21.1. The van der Waals surface area contributed by atoms with E-state index in [9.17, 15) is 9.59 Å². The van der Waals surface area contributed by atoms with Gasteiger partial charge in [0.15, 0.2) is 5.13 Å². The highest BCUT2D eigenvalue weighted by atomic mass is 79.9. The molecule has 7 nitrogen and oxygen atoms in total. The van der Waals surface area contributed by atoms with Crippen molar-refractivity contribution in [2.24, 2.45) is 0 Å². The maximum absolute atomic E-state index is 12.6.